The van der Waals surface area contributed by atoms with Crippen LogP contribution in [0, 0.1) is 11.8 Å². The first kappa shape index (κ1) is 16.2. The number of benzene rings is 2. The second-order valence-corrected chi connectivity index (χ2v) is 8.98. The van der Waals surface area contributed by atoms with Crippen LogP contribution in [0.1, 0.15) is 49.7 Å². The number of rotatable bonds is 4. The Balaban J connectivity index is 1.54. The fourth-order valence-corrected chi connectivity index (χ4v) is 6.83. The average Bonchev–Trinajstić information content (AvgIpc) is 2.67. The average molecular weight is 348 g/mol. The van der Waals surface area contributed by atoms with Gasteiger partial charge in [0.2, 0.25) is 0 Å². The minimum Gasteiger partial charge on any atom is -0.497 e. The molecule has 0 aliphatic heterocycles. The standard InChI is InChI=1S/C24H28O2/c1-25-21-7-3-19(4-8-21)23-12-17-11-18(13-23)15-24(14-17,16-23)20-5-9-22(26-2)10-6-20/h3-10,17-18H,11-16H2,1-2H3. The number of ether oxygens (including phenoxy) is 2. The molecule has 4 aliphatic carbocycles. The maximum absolute atomic E-state index is 5.39. The molecule has 0 heterocycles. The molecule has 0 saturated heterocycles. The molecule has 4 bridgehead atoms. The predicted octanol–water partition coefficient (Wildman–Crippen LogP) is 5.49. The summed E-state index contributed by atoms with van der Waals surface area (Å²) in [6.45, 7) is 0. The van der Waals surface area contributed by atoms with E-state index in [1.54, 1.807) is 14.2 Å². The molecule has 2 aromatic carbocycles. The lowest BCUT2D eigenvalue weighted by Crippen LogP contribution is -2.55. The van der Waals surface area contributed by atoms with Crippen LogP contribution in [0.5, 0.6) is 11.5 Å². The van der Waals surface area contributed by atoms with E-state index in [9.17, 15) is 0 Å². The van der Waals surface area contributed by atoms with Gasteiger partial charge in [0.15, 0.2) is 0 Å². The molecule has 2 aromatic rings. The van der Waals surface area contributed by atoms with Crippen molar-refractivity contribution in [3.05, 3.63) is 59.7 Å². The third-order valence-corrected chi connectivity index (χ3v) is 7.47. The van der Waals surface area contributed by atoms with Gasteiger partial charge in [0.1, 0.15) is 11.5 Å². The fraction of sp³-hybridized carbons (Fsp3) is 0.500. The Hall–Kier alpha value is -1.96. The summed E-state index contributed by atoms with van der Waals surface area (Å²) < 4.78 is 10.8. The van der Waals surface area contributed by atoms with Gasteiger partial charge in [0, 0.05) is 0 Å². The van der Waals surface area contributed by atoms with Gasteiger partial charge in [-0.2, -0.15) is 0 Å². The molecule has 0 aromatic heterocycles. The van der Waals surface area contributed by atoms with Crippen LogP contribution in [0.3, 0.4) is 0 Å². The molecule has 0 N–H and O–H groups in total. The van der Waals surface area contributed by atoms with E-state index in [4.69, 9.17) is 9.47 Å². The Morgan fingerprint density at radius 1 is 0.654 bits per heavy atom. The van der Waals surface area contributed by atoms with Crippen LogP contribution < -0.4 is 9.47 Å². The Morgan fingerprint density at radius 3 is 1.38 bits per heavy atom. The molecule has 2 nitrogen and oxygen atoms in total. The van der Waals surface area contributed by atoms with Gasteiger partial charge >= 0.3 is 0 Å². The summed E-state index contributed by atoms with van der Waals surface area (Å²) >= 11 is 0. The van der Waals surface area contributed by atoms with Crippen LogP contribution in [-0.4, -0.2) is 14.2 Å². The first-order chi connectivity index (χ1) is 12.6. The van der Waals surface area contributed by atoms with E-state index in [1.165, 1.54) is 49.7 Å². The van der Waals surface area contributed by atoms with Crippen molar-refractivity contribution < 1.29 is 9.47 Å². The molecule has 2 heteroatoms. The molecule has 0 spiro atoms. The van der Waals surface area contributed by atoms with Crippen LogP contribution in [0.4, 0.5) is 0 Å². The summed E-state index contributed by atoms with van der Waals surface area (Å²) in [4.78, 5) is 0. The van der Waals surface area contributed by atoms with Crippen molar-refractivity contribution in [2.24, 2.45) is 11.8 Å². The molecule has 26 heavy (non-hydrogen) atoms. The van der Waals surface area contributed by atoms with E-state index >= 15 is 0 Å². The van der Waals surface area contributed by atoms with Crippen LogP contribution in [0.2, 0.25) is 0 Å². The van der Waals surface area contributed by atoms with Crippen molar-refractivity contribution in [3.8, 4) is 11.5 Å². The van der Waals surface area contributed by atoms with Crippen molar-refractivity contribution in [2.45, 2.75) is 49.4 Å². The Morgan fingerprint density at radius 2 is 1.04 bits per heavy atom. The number of hydrogen-bond donors (Lipinski definition) is 0. The maximum atomic E-state index is 5.39. The minimum absolute atomic E-state index is 0.357. The molecule has 0 unspecified atom stereocenters. The molecule has 0 atom stereocenters. The smallest absolute Gasteiger partial charge is 0.118 e. The molecule has 0 radical (unpaired) electrons. The van der Waals surface area contributed by atoms with Gasteiger partial charge in [-0.3, -0.25) is 0 Å². The lowest BCUT2D eigenvalue weighted by molar-refractivity contribution is -0.0281. The van der Waals surface area contributed by atoms with Gasteiger partial charge < -0.3 is 9.47 Å². The SMILES string of the molecule is COc1ccc(C23CC4CC(C2)CC(c2ccc(OC)cc2)(C4)C3)cc1. The summed E-state index contributed by atoms with van der Waals surface area (Å²) in [5.74, 6) is 3.67. The van der Waals surface area contributed by atoms with Crippen LogP contribution in [0.25, 0.3) is 0 Å². The van der Waals surface area contributed by atoms with Gasteiger partial charge in [0.25, 0.3) is 0 Å². The van der Waals surface area contributed by atoms with Crippen molar-refractivity contribution in [1.82, 2.24) is 0 Å². The highest BCUT2D eigenvalue weighted by Gasteiger charge is 2.58. The van der Waals surface area contributed by atoms with Crippen LogP contribution in [-0.2, 0) is 10.8 Å². The van der Waals surface area contributed by atoms with E-state index in [1.807, 2.05) is 0 Å². The van der Waals surface area contributed by atoms with E-state index in [0.717, 1.165) is 23.3 Å². The third-order valence-electron chi connectivity index (χ3n) is 7.47. The molecule has 4 saturated carbocycles. The van der Waals surface area contributed by atoms with Gasteiger partial charge in [-0.25, -0.2) is 0 Å². The first-order valence-corrected chi connectivity index (χ1v) is 9.94. The first-order valence-electron chi connectivity index (χ1n) is 9.94. The normalized spacial score (nSPS) is 34.7. The quantitative estimate of drug-likeness (QED) is 0.727. The molecule has 0 amide bonds. The van der Waals surface area contributed by atoms with Crippen molar-refractivity contribution in [3.63, 3.8) is 0 Å². The van der Waals surface area contributed by atoms with Gasteiger partial charge in [-0.1, -0.05) is 24.3 Å². The highest BCUT2D eigenvalue weighted by molar-refractivity contribution is 5.40. The van der Waals surface area contributed by atoms with E-state index in [0.29, 0.717) is 10.8 Å². The van der Waals surface area contributed by atoms with E-state index in [2.05, 4.69) is 48.5 Å². The van der Waals surface area contributed by atoms with Crippen molar-refractivity contribution in [2.75, 3.05) is 14.2 Å². The number of methoxy groups -OCH3 is 2. The fourth-order valence-electron chi connectivity index (χ4n) is 6.83. The highest BCUT2D eigenvalue weighted by atomic mass is 16.5. The molecular formula is C24H28O2. The predicted molar refractivity (Wildman–Crippen MR) is 104 cm³/mol. The zero-order chi connectivity index (χ0) is 17.8. The zero-order valence-corrected chi connectivity index (χ0v) is 15.8. The summed E-state index contributed by atoms with van der Waals surface area (Å²) in [6, 6.07) is 17.9. The lowest BCUT2D eigenvalue weighted by atomic mass is 9.42. The highest BCUT2D eigenvalue weighted by Crippen LogP contribution is 2.66. The summed E-state index contributed by atoms with van der Waals surface area (Å²) in [5.41, 5.74) is 3.78. The van der Waals surface area contributed by atoms with Crippen LogP contribution in [0.15, 0.2) is 48.5 Å². The Bertz CT molecular complexity index is 710. The largest absolute Gasteiger partial charge is 0.497 e. The summed E-state index contributed by atoms with van der Waals surface area (Å²) in [7, 11) is 3.50. The monoisotopic (exact) mass is 348 g/mol. The van der Waals surface area contributed by atoms with Crippen molar-refractivity contribution >= 4 is 0 Å². The maximum Gasteiger partial charge on any atom is 0.118 e. The molecule has 6 rings (SSSR count). The van der Waals surface area contributed by atoms with E-state index < -0.39 is 0 Å². The number of hydrogen-bond acceptors (Lipinski definition) is 2. The molecule has 136 valence electrons. The van der Waals surface area contributed by atoms with Crippen molar-refractivity contribution in [1.29, 1.82) is 0 Å². The second kappa shape index (κ2) is 5.77. The molecule has 4 aliphatic rings. The van der Waals surface area contributed by atoms with Gasteiger partial charge in [-0.05, 0) is 96.6 Å². The minimum atomic E-state index is 0.357. The van der Waals surface area contributed by atoms with Gasteiger partial charge in [-0.15, -0.1) is 0 Å². The Kier molecular flexibility index (Phi) is 3.60. The Labute approximate surface area is 156 Å². The lowest BCUT2D eigenvalue weighted by Gasteiger charge is -2.62. The topological polar surface area (TPSA) is 18.5 Å². The zero-order valence-electron chi connectivity index (χ0n) is 15.8. The van der Waals surface area contributed by atoms with Gasteiger partial charge in [0.05, 0.1) is 14.2 Å². The molecule has 4 fully saturated rings. The van der Waals surface area contributed by atoms with E-state index in [-0.39, 0.29) is 0 Å². The van der Waals surface area contributed by atoms with Crippen LogP contribution >= 0.6 is 0 Å². The second-order valence-electron chi connectivity index (χ2n) is 8.98. The third kappa shape index (κ3) is 2.38. The summed E-state index contributed by atoms with van der Waals surface area (Å²) in [6.07, 6.45) is 8.21. The molecular weight excluding hydrogens is 320 g/mol. The summed E-state index contributed by atoms with van der Waals surface area (Å²) in [5, 5.41) is 0.